The van der Waals surface area contributed by atoms with Gasteiger partial charge in [-0.15, -0.1) is 0 Å². The first-order valence-electron chi connectivity index (χ1n) is 10.7. The second-order valence-electron chi connectivity index (χ2n) is 7.98. The van der Waals surface area contributed by atoms with Gasteiger partial charge < -0.3 is 20.5 Å². The highest BCUT2D eigenvalue weighted by atomic mass is 19.3. The van der Waals surface area contributed by atoms with Gasteiger partial charge in [0, 0.05) is 17.7 Å². The number of pyridine rings is 1. The SMILES string of the molecule is Cc1nc(N[C@H](C)c2cccc(C(F)F)c2F)c2cc(CCC[C@H](O)CCO)c(=O)[nH]c2n1. The van der Waals surface area contributed by atoms with E-state index in [2.05, 4.69) is 20.3 Å². The Morgan fingerprint density at radius 3 is 2.61 bits per heavy atom. The van der Waals surface area contributed by atoms with Gasteiger partial charge in [0.25, 0.3) is 12.0 Å². The summed E-state index contributed by atoms with van der Waals surface area (Å²) in [6, 6.07) is 4.81. The van der Waals surface area contributed by atoms with Crippen molar-refractivity contribution in [2.45, 2.75) is 58.1 Å². The van der Waals surface area contributed by atoms with Gasteiger partial charge in [0.15, 0.2) is 0 Å². The van der Waals surface area contributed by atoms with E-state index in [1.807, 2.05) is 0 Å². The fourth-order valence-corrected chi connectivity index (χ4v) is 3.71. The number of alkyl halides is 2. The molecule has 0 amide bonds. The van der Waals surface area contributed by atoms with Gasteiger partial charge in [-0.1, -0.05) is 18.2 Å². The summed E-state index contributed by atoms with van der Waals surface area (Å²) in [7, 11) is 0. The van der Waals surface area contributed by atoms with E-state index in [9.17, 15) is 23.1 Å². The standard InChI is InChI=1S/C23H27F3N4O3/c1-12(16-7-4-8-17(19(16)24)20(25)26)27-21-18-11-14(5-3-6-15(32)9-10-31)23(33)30-22(18)29-13(2)28-21/h4,7-8,11-12,15,20,31-32H,3,5-6,9-10H2,1-2H3,(H2,27,28,29,30,33)/t12-,15+/m1/s1. The van der Waals surface area contributed by atoms with Crippen molar-refractivity contribution < 1.29 is 23.4 Å². The first-order chi connectivity index (χ1) is 15.7. The summed E-state index contributed by atoms with van der Waals surface area (Å²) in [5, 5.41) is 22.2. The Hall–Kier alpha value is -2.98. The normalized spacial score (nSPS) is 13.5. The molecule has 4 N–H and O–H groups in total. The lowest BCUT2D eigenvalue weighted by atomic mass is 10.0. The van der Waals surface area contributed by atoms with Crippen LogP contribution < -0.4 is 10.9 Å². The number of nitrogens with one attached hydrogen (secondary N) is 2. The summed E-state index contributed by atoms with van der Waals surface area (Å²) in [6.45, 7) is 3.16. The van der Waals surface area contributed by atoms with Gasteiger partial charge in [0.05, 0.1) is 23.1 Å². The Bertz CT molecular complexity index is 1170. The molecule has 3 aromatic rings. The van der Waals surface area contributed by atoms with Crippen LogP contribution in [0.25, 0.3) is 11.0 Å². The quantitative estimate of drug-likeness (QED) is 0.362. The monoisotopic (exact) mass is 464 g/mol. The third kappa shape index (κ3) is 5.88. The van der Waals surface area contributed by atoms with Crippen molar-refractivity contribution in [3.05, 3.63) is 63.0 Å². The van der Waals surface area contributed by atoms with Crippen LogP contribution in [0.5, 0.6) is 0 Å². The maximum Gasteiger partial charge on any atom is 0.266 e. The van der Waals surface area contributed by atoms with Crippen molar-refractivity contribution in [1.29, 1.82) is 0 Å². The van der Waals surface area contributed by atoms with Crippen molar-refractivity contribution in [3.8, 4) is 0 Å². The summed E-state index contributed by atoms with van der Waals surface area (Å²) < 4.78 is 40.8. The first-order valence-corrected chi connectivity index (χ1v) is 10.7. The molecular weight excluding hydrogens is 437 g/mol. The van der Waals surface area contributed by atoms with Crippen LogP contribution in [0.3, 0.4) is 0 Å². The molecule has 33 heavy (non-hydrogen) atoms. The van der Waals surface area contributed by atoms with Crippen molar-refractivity contribution in [2.75, 3.05) is 11.9 Å². The van der Waals surface area contributed by atoms with Gasteiger partial charge in [0.2, 0.25) is 0 Å². The van der Waals surface area contributed by atoms with Crippen molar-refractivity contribution in [3.63, 3.8) is 0 Å². The first kappa shape index (κ1) is 24.7. The van der Waals surface area contributed by atoms with E-state index in [0.29, 0.717) is 47.5 Å². The molecule has 2 aromatic heterocycles. The minimum Gasteiger partial charge on any atom is -0.396 e. The number of anilines is 1. The number of halogens is 3. The molecule has 1 aromatic carbocycles. The molecule has 7 nitrogen and oxygen atoms in total. The molecule has 3 rings (SSSR count). The molecule has 0 saturated carbocycles. The number of hydrogen-bond acceptors (Lipinski definition) is 6. The van der Waals surface area contributed by atoms with E-state index in [-0.39, 0.29) is 24.2 Å². The van der Waals surface area contributed by atoms with E-state index in [4.69, 9.17) is 5.11 Å². The molecular formula is C23H27F3N4O3. The summed E-state index contributed by atoms with van der Waals surface area (Å²) in [6.07, 6.45) is -1.93. The zero-order chi connectivity index (χ0) is 24.1. The highest BCUT2D eigenvalue weighted by Gasteiger charge is 2.20. The van der Waals surface area contributed by atoms with Crippen LogP contribution >= 0.6 is 0 Å². The number of hydrogen-bond donors (Lipinski definition) is 4. The number of H-pyrrole nitrogens is 1. The topological polar surface area (TPSA) is 111 Å². The third-order valence-electron chi connectivity index (χ3n) is 5.46. The number of rotatable bonds is 10. The van der Waals surface area contributed by atoms with Gasteiger partial charge in [-0.3, -0.25) is 4.79 Å². The highest BCUT2D eigenvalue weighted by Crippen LogP contribution is 2.30. The Morgan fingerprint density at radius 1 is 1.18 bits per heavy atom. The lowest BCUT2D eigenvalue weighted by Crippen LogP contribution is -2.17. The molecule has 0 unspecified atom stereocenters. The van der Waals surface area contributed by atoms with Crippen molar-refractivity contribution in [2.24, 2.45) is 0 Å². The van der Waals surface area contributed by atoms with Crippen LogP contribution in [-0.2, 0) is 6.42 Å². The maximum atomic E-state index is 14.6. The smallest absolute Gasteiger partial charge is 0.266 e. The second-order valence-corrected chi connectivity index (χ2v) is 7.98. The number of aromatic amines is 1. The molecule has 0 radical (unpaired) electrons. The van der Waals surface area contributed by atoms with E-state index >= 15 is 0 Å². The van der Waals surface area contributed by atoms with Crippen molar-refractivity contribution >= 4 is 16.9 Å². The second kappa shape index (κ2) is 10.8. The number of aryl methyl sites for hydroxylation is 2. The van der Waals surface area contributed by atoms with Gasteiger partial charge >= 0.3 is 0 Å². The number of aromatic nitrogens is 3. The largest absolute Gasteiger partial charge is 0.396 e. The molecule has 0 bridgehead atoms. The molecule has 10 heteroatoms. The third-order valence-corrected chi connectivity index (χ3v) is 5.46. The van der Waals surface area contributed by atoms with Crippen LogP contribution in [0.4, 0.5) is 19.0 Å². The van der Waals surface area contributed by atoms with Gasteiger partial charge in [-0.25, -0.2) is 23.1 Å². The molecule has 0 aliphatic carbocycles. The molecule has 0 saturated heterocycles. The van der Waals surface area contributed by atoms with Crippen LogP contribution in [-0.4, -0.2) is 37.9 Å². The van der Waals surface area contributed by atoms with Crippen LogP contribution in [0.15, 0.2) is 29.1 Å². The lowest BCUT2D eigenvalue weighted by molar-refractivity contribution is 0.123. The molecule has 178 valence electrons. The Balaban J connectivity index is 1.91. The lowest BCUT2D eigenvalue weighted by Gasteiger charge is -2.19. The highest BCUT2D eigenvalue weighted by molar-refractivity contribution is 5.87. The van der Waals surface area contributed by atoms with E-state index in [0.717, 1.165) is 6.07 Å². The fourth-order valence-electron chi connectivity index (χ4n) is 3.71. The average molecular weight is 464 g/mol. The molecule has 2 atom stereocenters. The minimum absolute atomic E-state index is 0.0692. The average Bonchev–Trinajstić information content (AvgIpc) is 2.74. The number of aliphatic hydroxyl groups excluding tert-OH is 2. The summed E-state index contributed by atoms with van der Waals surface area (Å²) in [5.41, 5.74) is -0.146. The molecule has 0 fully saturated rings. The molecule has 0 aliphatic heterocycles. The number of benzene rings is 1. The van der Waals surface area contributed by atoms with E-state index in [1.54, 1.807) is 19.9 Å². The summed E-state index contributed by atoms with van der Waals surface area (Å²) >= 11 is 0. The van der Waals surface area contributed by atoms with Gasteiger partial charge in [0.1, 0.15) is 23.1 Å². The summed E-state index contributed by atoms with van der Waals surface area (Å²) in [4.78, 5) is 23.8. The predicted molar refractivity (Wildman–Crippen MR) is 119 cm³/mol. The van der Waals surface area contributed by atoms with Crippen LogP contribution in [0.1, 0.15) is 61.2 Å². The zero-order valence-corrected chi connectivity index (χ0v) is 18.4. The van der Waals surface area contributed by atoms with Gasteiger partial charge in [-0.2, -0.15) is 0 Å². The Morgan fingerprint density at radius 2 is 1.91 bits per heavy atom. The molecule has 0 aliphatic rings. The fraction of sp³-hybridized carbons (Fsp3) is 0.435. The number of aliphatic hydroxyl groups is 2. The molecule has 2 heterocycles. The summed E-state index contributed by atoms with van der Waals surface area (Å²) in [5.74, 6) is -0.266. The van der Waals surface area contributed by atoms with E-state index in [1.165, 1.54) is 12.1 Å². The zero-order valence-electron chi connectivity index (χ0n) is 18.4. The van der Waals surface area contributed by atoms with E-state index < -0.39 is 30.0 Å². The Labute approximate surface area is 188 Å². The Kier molecular flexibility index (Phi) is 8.04. The van der Waals surface area contributed by atoms with Crippen LogP contribution in [0.2, 0.25) is 0 Å². The van der Waals surface area contributed by atoms with Gasteiger partial charge in [-0.05, 0) is 45.6 Å². The number of fused-ring (bicyclic) bond motifs is 1. The predicted octanol–water partition coefficient (Wildman–Crippen LogP) is 3.94. The molecule has 0 spiro atoms. The van der Waals surface area contributed by atoms with Crippen LogP contribution in [0, 0.1) is 12.7 Å². The van der Waals surface area contributed by atoms with Crippen molar-refractivity contribution in [1.82, 2.24) is 15.0 Å². The maximum absolute atomic E-state index is 14.6. The minimum atomic E-state index is -2.93. The number of nitrogens with zero attached hydrogens (tertiary/aromatic N) is 2.